The summed E-state index contributed by atoms with van der Waals surface area (Å²) in [4.78, 5) is 9.09. The van der Waals surface area contributed by atoms with Crippen LogP contribution in [0, 0.1) is 18.6 Å². The number of hydrogen-bond acceptors (Lipinski definition) is 4. The van der Waals surface area contributed by atoms with E-state index in [1.165, 1.54) is 12.1 Å². The highest BCUT2D eigenvalue weighted by Gasteiger charge is 2.17. The molecule has 0 spiro atoms. The molecular weight excluding hydrogens is 435 g/mol. The predicted octanol–water partition coefficient (Wildman–Crippen LogP) is 7.31. The first kappa shape index (κ1) is 19.9. The second-order valence-corrected chi connectivity index (χ2v) is 7.95. The SMILES string of the molecule is Cc1ncc2cc(-c3c(F)ccc(NSc4cc(Cl)ccc4Cl)c3F)ccc2n1. The lowest BCUT2D eigenvalue weighted by Gasteiger charge is -2.12. The Morgan fingerprint density at radius 3 is 2.66 bits per heavy atom. The van der Waals surface area contributed by atoms with Gasteiger partial charge in [0.25, 0.3) is 0 Å². The van der Waals surface area contributed by atoms with Crippen LogP contribution >= 0.6 is 35.1 Å². The van der Waals surface area contributed by atoms with Gasteiger partial charge < -0.3 is 4.72 Å². The van der Waals surface area contributed by atoms with Crippen LogP contribution in [0.15, 0.2) is 59.6 Å². The average Bonchev–Trinajstić information content (AvgIpc) is 2.70. The smallest absolute Gasteiger partial charge is 0.157 e. The van der Waals surface area contributed by atoms with E-state index in [1.54, 1.807) is 49.5 Å². The Kier molecular flexibility index (Phi) is 5.58. The fourth-order valence-electron chi connectivity index (χ4n) is 2.84. The fraction of sp³-hybridized carbons (Fsp3) is 0.0476. The van der Waals surface area contributed by atoms with Gasteiger partial charge in [0.1, 0.15) is 11.6 Å². The Morgan fingerprint density at radius 2 is 1.83 bits per heavy atom. The molecule has 0 saturated carbocycles. The molecule has 8 heteroatoms. The summed E-state index contributed by atoms with van der Waals surface area (Å²) in [5, 5.41) is 1.68. The van der Waals surface area contributed by atoms with Crippen LogP contribution in [-0.2, 0) is 0 Å². The second-order valence-electron chi connectivity index (χ2n) is 6.25. The van der Waals surface area contributed by atoms with Crippen molar-refractivity contribution in [1.82, 2.24) is 9.97 Å². The van der Waals surface area contributed by atoms with Crippen LogP contribution in [-0.4, -0.2) is 9.97 Å². The third-order valence-electron chi connectivity index (χ3n) is 4.24. The van der Waals surface area contributed by atoms with Gasteiger partial charge >= 0.3 is 0 Å². The van der Waals surface area contributed by atoms with E-state index >= 15 is 4.39 Å². The molecule has 146 valence electrons. The van der Waals surface area contributed by atoms with Crippen molar-refractivity contribution in [3.8, 4) is 11.1 Å². The lowest BCUT2D eigenvalue weighted by atomic mass is 10.0. The topological polar surface area (TPSA) is 37.8 Å². The standard InChI is InChI=1S/C21H13Cl2F2N3S/c1-11-26-10-13-8-12(2-6-17(13)27-11)20-16(24)5-7-18(21(20)25)28-29-19-9-14(22)3-4-15(19)23/h2-10,28H,1H3. The summed E-state index contributed by atoms with van der Waals surface area (Å²) < 4.78 is 32.6. The fourth-order valence-corrected chi connectivity index (χ4v) is 4.04. The van der Waals surface area contributed by atoms with Gasteiger partial charge in [0, 0.05) is 21.5 Å². The van der Waals surface area contributed by atoms with Crippen LogP contribution in [0.25, 0.3) is 22.0 Å². The summed E-state index contributed by atoms with van der Waals surface area (Å²) >= 11 is 13.2. The maximum absolute atomic E-state index is 15.2. The van der Waals surface area contributed by atoms with Crippen molar-refractivity contribution in [3.63, 3.8) is 0 Å². The largest absolute Gasteiger partial charge is 0.323 e. The quantitative estimate of drug-likeness (QED) is 0.332. The molecule has 4 rings (SSSR count). The molecule has 0 saturated heterocycles. The minimum atomic E-state index is -0.706. The van der Waals surface area contributed by atoms with E-state index in [2.05, 4.69) is 14.7 Å². The molecule has 1 N–H and O–H groups in total. The summed E-state index contributed by atoms with van der Waals surface area (Å²) in [6, 6.07) is 12.6. The molecule has 4 aromatic rings. The molecule has 1 aromatic heterocycles. The molecule has 0 aliphatic carbocycles. The van der Waals surface area contributed by atoms with Crippen LogP contribution < -0.4 is 4.72 Å². The summed E-state index contributed by atoms with van der Waals surface area (Å²) in [6.45, 7) is 1.78. The molecule has 29 heavy (non-hydrogen) atoms. The highest BCUT2D eigenvalue weighted by molar-refractivity contribution is 8.00. The molecule has 3 nitrogen and oxygen atoms in total. The number of nitrogens with zero attached hydrogens (tertiary/aromatic N) is 2. The third-order valence-corrected chi connectivity index (χ3v) is 5.80. The lowest BCUT2D eigenvalue weighted by Crippen LogP contribution is -1.97. The van der Waals surface area contributed by atoms with E-state index in [4.69, 9.17) is 23.2 Å². The van der Waals surface area contributed by atoms with Crippen molar-refractivity contribution >= 4 is 51.7 Å². The van der Waals surface area contributed by atoms with Gasteiger partial charge in [-0.3, -0.25) is 0 Å². The predicted molar refractivity (Wildman–Crippen MR) is 116 cm³/mol. The number of hydrogen-bond donors (Lipinski definition) is 1. The molecule has 0 unspecified atom stereocenters. The lowest BCUT2D eigenvalue weighted by molar-refractivity contribution is 0.592. The van der Waals surface area contributed by atoms with Gasteiger partial charge in [-0.05, 0) is 66.9 Å². The number of rotatable bonds is 4. The minimum Gasteiger partial charge on any atom is -0.323 e. The molecule has 1 heterocycles. The molecular formula is C21H13Cl2F2N3S. The van der Waals surface area contributed by atoms with Gasteiger partial charge in [0.05, 0.1) is 21.8 Å². The van der Waals surface area contributed by atoms with E-state index in [0.29, 0.717) is 37.2 Å². The zero-order valence-electron chi connectivity index (χ0n) is 15.0. The minimum absolute atomic E-state index is 0.127. The number of aromatic nitrogens is 2. The summed E-state index contributed by atoms with van der Waals surface area (Å²) in [7, 11) is 0. The Bertz CT molecular complexity index is 1230. The summed E-state index contributed by atoms with van der Waals surface area (Å²) in [5.41, 5.74) is 1.11. The van der Waals surface area contributed by atoms with Crippen molar-refractivity contribution in [2.45, 2.75) is 11.8 Å². The Hall–Kier alpha value is -2.41. The number of anilines is 1. The zero-order valence-corrected chi connectivity index (χ0v) is 17.3. The van der Waals surface area contributed by atoms with E-state index < -0.39 is 11.6 Å². The van der Waals surface area contributed by atoms with E-state index in [1.807, 2.05) is 0 Å². The van der Waals surface area contributed by atoms with Gasteiger partial charge in [-0.2, -0.15) is 0 Å². The van der Waals surface area contributed by atoms with Gasteiger partial charge in [-0.15, -0.1) is 0 Å². The average molecular weight is 448 g/mol. The molecule has 0 fully saturated rings. The molecule has 0 radical (unpaired) electrons. The number of aryl methyl sites for hydroxylation is 1. The summed E-state index contributed by atoms with van der Waals surface area (Å²) in [5.74, 6) is -0.736. The first-order chi connectivity index (χ1) is 13.9. The highest BCUT2D eigenvalue weighted by atomic mass is 35.5. The van der Waals surface area contributed by atoms with Gasteiger partial charge in [0.15, 0.2) is 5.82 Å². The van der Waals surface area contributed by atoms with Gasteiger partial charge in [-0.1, -0.05) is 29.3 Å². The van der Waals surface area contributed by atoms with Crippen molar-refractivity contribution < 1.29 is 8.78 Å². The maximum atomic E-state index is 15.2. The van der Waals surface area contributed by atoms with Crippen molar-refractivity contribution in [2.24, 2.45) is 0 Å². The van der Waals surface area contributed by atoms with Crippen molar-refractivity contribution in [1.29, 1.82) is 0 Å². The van der Waals surface area contributed by atoms with E-state index in [-0.39, 0.29) is 11.3 Å². The van der Waals surface area contributed by atoms with Gasteiger partial charge in [-0.25, -0.2) is 18.7 Å². The zero-order chi connectivity index (χ0) is 20.5. The van der Waals surface area contributed by atoms with Crippen molar-refractivity contribution in [3.05, 3.63) is 82.2 Å². The van der Waals surface area contributed by atoms with E-state index in [0.717, 1.165) is 11.9 Å². The van der Waals surface area contributed by atoms with Crippen LogP contribution in [0.1, 0.15) is 5.82 Å². The molecule has 3 aromatic carbocycles. The van der Waals surface area contributed by atoms with Crippen LogP contribution in [0.4, 0.5) is 14.5 Å². The highest BCUT2D eigenvalue weighted by Crippen LogP contribution is 2.35. The maximum Gasteiger partial charge on any atom is 0.157 e. The Labute approximate surface area is 180 Å². The van der Waals surface area contributed by atoms with Gasteiger partial charge in [0.2, 0.25) is 0 Å². The molecule has 0 aliphatic heterocycles. The molecule has 0 aliphatic rings. The monoisotopic (exact) mass is 447 g/mol. The molecule has 0 atom stereocenters. The molecule has 0 bridgehead atoms. The summed E-state index contributed by atoms with van der Waals surface area (Å²) in [6.07, 6.45) is 1.63. The van der Waals surface area contributed by atoms with E-state index in [9.17, 15) is 4.39 Å². The number of benzene rings is 3. The first-order valence-corrected chi connectivity index (χ1v) is 10.1. The Balaban J connectivity index is 1.70. The number of halogens is 4. The second kappa shape index (κ2) is 8.14. The third kappa shape index (κ3) is 4.15. The van der Waals surface area contributed by atoms with Crippen LogP contribution in [0.5, 0.6) is 0 Å². The normalized spacial score (nSPS) is 11.1. The first-order valence-electron chi connectivity index (χ1n) is 8.52. The van der Waals surface area contributed by atoms with Crippen LogP contribution in [0.2, 0.25) is 10.0 Å². The van der Waals surface area contributed by atoms with Crippen LogP contribution in [0.3, 0.4) is 0 Å². The Morgan fingerprint density at radius 1 is 1.00 bits per heavy atom. The number of nitrogens with one attached hydrogen (secondary N) is 1. The number of fused-ring (bicyclic) bond motifs is 1. The van der Waals surface area contributed by atoms with Crippen molar-refractivity contribution in [2.75, 3.05) is 4.72 Å². The molecule has 0 amide bonds.